The highest BCUT2D eigenvalue weighted by Crippen LogP contribution is 2.16. The average molecular weight is 503 g/mol. The molecule has 2 rings (SSSR count). The van der Waals surface area contributed by atoms with E-state index in [1.165, 1.54) is 6.42 Å². The van der Waals surface area contributed by atoms with E-state index in [-0.39, 0.29) is 42.4 Å². The van der Waals surface area contributed by atoms with E-state index in [9.17, 15) is 8.42 Å². The highest BCUT2D eigenvalue weighted by atomic mass is 127. The van der Waals surface area contributed by atoms with Crippen molar-refractivity contribution in [3.05, 3.63) is 0 Å². The third kappa shape index (κ3) is 8.68. The summed E-state index contributed by atoms with van der Waals surface area (Å²) in [5.41, 5.74) is 5.84. The van der Waals surface area contributed by atoms with Crippen LogP contribution in [-0.2, 0) is 14.8 Å². The van der Waals surface area contributed by atoms with E-state index in [1.807, 2.05) is 0 Å². The molecule has 2 heterocycles. The van der Waals surface area contributed by atoms with Crippen molar-refractivity contribution in [2.45, 2.75) is 51.2 Å². The third-order valence-corrected chi connectivity index (χ3v) is 6.21. The van der Waals surface area contributed by atoms with E-state index < -0.39 is 10.0 Å². The summed E-state index contributed by atoms with van der Waals surface area (Å²) >= 11 is 0. The smallest absolute Gasteiger partial charge is 0.213 e. The molecule has 154 valence electrons. The van der Waals surface area contributed by atoms with Crippen molar-refractivity contribution in [3.63, 3.8) is 0 Å². The van der Waals surface area contributed by atoms with E-state index in [0.717, 1.165) is 45.4 Å². The van der Waals surface area contributed by atoms with Crippen molar-refractivity contribution in [2.24, 2.45) is 10.7 Å². The van der Waals surface area contributed by atoms with Gasteiger partial charge in [-0.2, -0.15) is 0 Å². The standard InChI is InChI=1S/C16H33N5O3S.HI/c1-2-21-9-5-6-14(21)12-19-16(17)18-8-11-25(22,23)20-13-15-7-3-4-10-24-15;/h14-15,20H,2-13H2,1H3,(H3,17,18,19);1H. The van der Waals surface area contributed by atoms with Crippen LogP contribution in [-0.4, -0.2) is 76.5 Å². The number of hydrogen-bond donors (Lipinski definition) is 3. The lowest BCUT2D eigenvalue weighted by molar-refractivity contribution is 0.0200. The summed E-state index contributed by atoms with van der Waals surface area (Å²) in [5.74, 6) is 0.286. The number of halogens is 1. The molecule has 10 heteroatoms. The Morgan fingerprint density at radius 2 is 2.12 bits per heavy atom. The highest BCUT2D eigenvalue weighted by Gasteiger charge is 2.22. The summed E-state index contributed by atoms with van der Waals surface area (Å²) in [6.45, 7) is 6.29. The number of nitrogens with zero attached hydrogens (tertiary/aromatic N) is 2. The SMILES string of the molecule is CCN1CCCC1CN=C(N)NCCS(=O)(=O)NCC1CCCCO1.I. The Labute approximate surface area is 174 Å². The molecule has 0 radical (unpaired) electrons. The molecule has 4 N–H and O–H groups in total. The molecular weight excluding hydrogens is 469 g/mol. The summed E-state index contributed by atoms with van der Waals surface area (Å²) in [6.07, 6.45) is 5.41. The minimum Gasteiger partial charge on any atom is -0.377 e. The lowest BCUT2D eigenvalue weighted by atomic mass is 10.1. The molecule has 2 aliphatic rings. The lowest BCUT2D eigenvalue weighted by Gasteiger charge is -2.22. The van der Waals surface area contributed by atoms with Gasteiger partial charge in [0.05, 0.1) is 18.4 Å². The van der Waals surface area contributed by atoms with Gasteiger partial charge in [-0.3, -0.25) is 9.89 Å². The van der Waals surface area contributed by atoms with Gasteiger partial charge in [0, 0.05) is 25.7 Å². The number of aliphatic imine (C=N–C) groups is 1. The molecule has 8 nitrogen and oxygen atoms in total. The molecule has 0 spiro atoms. The summed E-state index contributed by atoms with van der Waals surface area (Å²) in [7, 11) is -3.33. The molecule has 0 aromatic carbocycles. The minimum absolute atomic E-state index is 0. The van der Waals surface area contributed by atoms with Gasteiger partial charge in [0.2, 0.25) is 10.0 Å². The zero-order valence-electron chi connectivity index (χ0n) is 15.7. The predicted octanol–water partition coefficient (Wildman–Crippen LogP) is 0.482. The fourth-order valence-electron chi connectivity index (χ4n) is 3.35. The van der Waals surface area contributed by atoms with Gasteiger partial charge in [-0.05, 0) is 45.2 Å². The summed E-state index contributed by atoms with van der Waals surface area (Å²) in [6, 6.07) is 0.450. The van der Waals surface area contributed by atoms with Crippen LogP contribution >= 0.6 is 24.0 Å². The molecular formula is C16H34IN5O3S. The van der Waals surface area contributed by atoms with Crippen molar-refractivity contribution in [3.8, 4) is 0 Å². The van der Waals surface area contributed by atoms with Crippen molar-refractivity contribution < 1.29 is 13.2 Å². The Morgan fingerprint density at radius 3 is 2.81 bits per heavy atom. The number of nitrogens with two attached hydrogens (primary N) is 1. The highest BCUT2D eigenvalue weighted by molar-refractivity contribution is 14.0. The summed E-state index contributed by atoms with van der Waals surface area (Å²) in [4.78, 5) is 6.75. The Hall–Kier alpha value is -0.170. The van der Waals surface area contributed by atoms with Crippen molar-refractivity contribution >= 4 is 40.0 Å². The fourth-order valence-corrected chi connectivity index (χ4v) is 4.31. The second-order valence-electron chi connectivity index (χ2n) is 6.73. The van der Waals surface area contributed by atoms with Gasteiger partial charge in [0.15, 0.2) is 5.96 Å². The zero-order chi connectivity index (χ0) is 18.1. The van der Waals surface area contributed by atoms with Crippen molar-refractivity contribution in [1.29, 1.82) is 0 Å². The molecule has 0 aromatic heterocycles. The molecule has 2 saturated heterocycles. The van der Waals surface area contributed by atoms with Crippen LogP contribution in [0.25, 0.3) is 0 Å². The Kier molecular flexibility index (Phi) is 11.3. The molecule has 0 aliphatic carbocycles. The average Bonchev–Trinajstić information content (AvgIpc) is 3.07. The van der Waals surface area contributed by atoms with E-state index in [0.29, 0.717) is 25.1 Å². The van der Waals surface area contributed by atoms with Crippen LogP contribution in [0.1, 0.15) is 39.0 Å². The molecule has 0 saturated carbocycles. The Balaban J connectivity index is 0.00000338. The zero-order valence-corrected chi connectivity index (χ0v) is 18.8. The lowest BCUT2D eigenvalue weighted by Crippen LogP contribution is -2.41. The quantitative estimate of drug-likeness (QED) is 0.240. The van der Waals surface area contributed by atoms with Gasteiger partial charge in [0.1, 0.15) is 0 Å². The van der Waals surface area contributed by atoms with Gasteiger partial charge in [-0.15, -0.1) is 24.0 Å². The van der Waals surface area contributed by atoms with Crippen LogP contribution in [0, 0.1) is 0 Å². The van der Waals surface area contributed by atoms with E-state index in [2.05, 4.69) is 26.9 Å². The monoisotopic (exact) mass is 503 g/mol. The minimum atomic E-state index is -3.33. The van der Waals surface area contributed by atoms with Crippen LogP contribution in [0.4, 0.5) is 0 Å². The summed E-state index contributed by atoms with van der Waals surface area (Å²) < 4.78 is 32.2. The number of rotatable bonds is 9. The number of likely N-dealkylation sites (N-methyl/N-ethyl adjacent to an activating group) is 1. The Bertz CT molecular complexity index is 526. The van der Waals surface area contributed by atoms with Gasteiger partial charge in [-0.25, -0.2) is 13.1 Å². The maximum atomic E-state index is 12.0. The normalized spacial score (nSPS) is 25.0. The van der Waals surface area contributed by atoms with Gasteiger partial charge in [-0.1, -0.05) is 6.92 Å². The molecule has 2 unspecified atom stereocenters. The van der Waals surface area contributed by atoms with E-state index >= 15 is 0 Å². The number of nitrogens with one attached hydrogen (secondary N) is 2. The first-order valence-electron chi connectivity index (χ1n) is 9.37. The number of sulfonamides is 1. The number of ether oxygens (including phenoxy) is 1. The fraction of sp³-hybridized carbons (Fsp3) is 0.938. The first kappa shape index (κ1) is 23.9. The number of hydrogen-bond acceptors (Lipinski definition) is 5. The van der Waals surface area contributed by atoms with Crippen LogP contribution < -0.4 is 15.8 Å². The predicted molar refractivity (Wildman–Crippen MR) is 116 cm³/mol. The van der Waals surface area contributed by atoms with Crippen LogP contribution in [0.15, 0.2) is 4.99 Å². The van der Waals surface area contributed by atoms with Crippen LogP contribution in [0.3, 0.4) is 0 Å². The Morgan fingerprint density at radius 1 is 1.31 bits per heavy atom. The molecule has 0 amide bonds. The van der Waals surface area contributed by atoms with Gasteiger partial charge in [0.25, 0.3) is 0 Å². The van der Waals surface area contributed by atoms with E-state index in [4.69, 9.17) is 10.5 Å². The topological polar surface area (TPSA) is 109 Å². The first-order valence-corrected chi connectivity index (χ1v) is 11.0. The van der Waals surface area contributed by atoms with Gasteiger partial charge < -0.3 is 15.8 Å². The van der Waals surface area contributed by atoms with E-state index in [1.54, 1.807) is 0 Å². The van der Waals surface area contributed by atoms with Crippen LogP contribution in [0.5, 0.6) is 0 Å². The van der Waals surface area contributed by atoms with Gasteiger partial charge >= 0.3 is 0 Å². The molecule has 0 aromatic rings. The second kappa shape index (κ2) is 12.3. The summed E-state index contributed by atoms with van der Waals surface area (Å²) in [5, 5.41) is 2.89. The number of likely N-dealkylation sites (tertiary alicyclic amines) is 1. The molecule has 2 atom stereocenters. The second-order valence-corrected chi connectivity index (χ2v) is 8.66. The molecule has 26 heavy (non-hydrogen) atoms. The number of guanidine groups is 1. The van der Waals surface area contributed by atoms with Crippen molar-refractivity contribution in [1.82, 2.24) is 14.9 Å². The molecule has 2 fully saturated rings. The largest absolute Gasteiger partial charge is 0.377 e. The third-order valence-electron chi connectivity index (χ3n) is 4.86. The first-order chi connectivity index (χ1) is 12.0. The van der Waals surface area contributed by atoms with Crippen LogP contribution in [0.2, 0.25) is 0 Å². The van der Waals surface area contributed by atoms with Crippen molar-refractivity contribution in [2.75, 3.05) is 45.1 Å². The maximum absolute atomic E-state index is 12.0. The maximum Gasteiger partial charge on any atom is 0.213 e. The molecule has 2 aliphatic heterocycles. The molecule has 0 bridgehead atoms.